The molecule has 0 bridgehead atoms. The van der Waals surface area contributed by atoms with Gasteiger partial charge in [0, 0.05) is 30.4 Å². The van der Waals surface area contributed by atoms with Crippen LogP contribution in [0, 0.1) is 11.3 Å². The average molecular weight is 239 g/mol. The Morgan fingerprint density at radius 3 is 2.83 bits per heavy atom. The Kier molecular flexibility index (Phi) is 2.83. The third-order valence-corrected chi connectivity index (χ3v) is 3.17. The number of pyridine rings is 1. The number of nitriles is 1. The van der Waals surface area contributed by atoms with Crippen molar-refractivity contribution < 1.29 is 4.74 Å². The summed E-state index contributed by atoms with van der Waals surface area (Å²) < 4.78 is 5.35. The molecule has 2 aromatic rings. The molecule has 1 aromatic carbocycles. The van der Waals surface area contributed by atoms with Gasteiger partial charge in [-0.05, 0) is 18.2 Å². The highest BCUT2D eigenvalue weighted by Crippen LogP contribution is 2.22. The third-order valence-electron chi connectivity index (χ3n) is 3.17. The molecule has 1 aliphatic rings. The number of fused-ring (bicyclic) bond motifs is 1. The zero-order valence-corrected chi connectivity index (χ0v) is 9.97. The van der Waals surface area contributed by atoms with Gasteiger partial charge in [0.05, 0.1) is 24.3 Å². The van der Waals surface area contributed by atoms with Gasteiger partial charge in [-0.3, -0.25) is 4.98 Å². The number of aromatic nitrogens is 1. The molecule has 1 saturated heterocycles. The van der Waals surface area contributed by atoms with Gasteiger partial charge in [-0.1, -0.05) is 6.07 Å². The van der Waals surface area contributed by atoms with Crippen LogP contribution in [-0.4, -0.2) is 31.3 Å². The van der Waals surface area contributed by atoms with Crippen molar-refractivity contribution in [3.05, 3.63) is 36.0 Å². The minimum absolute atomic E-state index is 0.599. The summed E-state index contributed by atoms with van der Waals surface area (Å²) in [6.45, 7) is 3.39. The molecular weight excluding hydrogens is 226 g/mol. The Labute approximate surface area is 105 Å². The molecule has 0 spiro atoms. The van der Waals surface area contributed by atoms with Crippen LogP contribution in [0.3, 0.4) is 0 Å². The maximum atomic E-state index is 8.84. The van der Waals surface area contributed by atoms with E-state index < -0.39 is 0 Å². The van der Waals surface area contributed by atoms with E-state index in [0.29, 0.717) is 5.56 Å². The summed E-state index contributed by atoms with van der Waals surface area (Å²) in [4.78, 5) is 6.62. The van der Waals surface area contributed by atoms with Crippen molar-refractivity contribution in [3.63, 3.8) is 0 Å². The fourth-order valence-corrected chi connectivity index (χ4v) is 2.19. The van der Waals surface area contributed by atoms with E-state index in [4.69, 9.17) is 10.00 Å². The van der Waals surface area contributed by atoms with Gasteiger partial charge < -0.3 is 9.64 Å². The molecule has 3 rings (SSSR count). The molecular formula is C14H13N3O. The highest BCUT2D eigenvalue weighted by Gasteiger charge is 2.11. The first-order valence-corrected chi connectivity index (χ1v) is 5.99. The number of rotatable bonds is 1. The molecule has 4 nitrogen and oxygen atoms in total. The van der Waals surface area contributed by atoms with E-state index in [1.165, 1.54) is 5.69 Å². The van der Waals surface area contributed by atoms with Crippen molar-refractivity contribution in [3.8, 4) is 6.07 Å². The topological polar surface area (TPSA) is 49.2 Å². The first kappa shape index (κ1) is 11.0. The molecule has 1 aromatic heterocycles. The SMILES string of the molecule is N#Cc1cnc2cc(N3CCOCC3)ccc2c1. The lowest BCUT2D eigenvalue weighted by Gasteiger charge is -2.28. The van der Waals surface area contributed by atoms with Crippen molar-refractivity contribution >= 4 is 16.6 Å². The van der Waals surface area contributed by atoms with Gasteiger partial charge in [-0.15, -0.1) is 0 Å². The van der Waals surface area contributed by atoms with Crippen LogP contribution in [0.25, 0.3) is 10.9 Å². The Hall–Kier alpha value is -2.12. The molecule has 0 aliphatic carbocycles. The third kappa shape index (κ3) is 2.01. The number of nitrogens with zero attached hydrogens (tertiary/aromatic N) is 3. The molecule has 2 heterocycles. The van der Waals surface area contributed by atoms with Crippen molar-refractivity contribution in [2.24, 2.45) is 0 Å². The quantitative estimate of drug-likeness (QED) is 0.763. The maximum absolute atomic E-state index is 8.84. The van der Waals surface area contributed by atoms with Crippen LogP contribution < -0.4 is 4.90 Å². The summed E-state index contributed by atoms with van der Waals surface area (Å²) in [6.07, 6.45) is 1.62. The molecule has 18 heavy (non-hydrogen) atoms. The minimum Gasteiger partial charge on any atom is -0.378 e. The molecule has 0 N–H and O–H groups in total. The fraction of sp³-hybridized carbons (Fsp3) is 0.286. The van der Waals surface area contributed by atoms with Crippen LogP contribution in [0.1, 0.15) is 5.56 Å². The number of hydrogen-bond donors (Lipinski definition) is 0. The summed E-state index contributed by atoms with van der Waals surface area (Å²) in [6, 6.07) is 10.1. The largest absolute Gasteiger partial charge is 0.378 e. The molecule has 1 aliphatic heterocycles. The lowest BCUT2D eigenvalue weighted by atomic mass is 10.1. The molecule has 0 unspecified atom stereocenters. The van der Waals surface area contributed by atoms with Gasteiger partial charge in [0.25, 0.3) is 0 Å². The number of morpholine rings is 1. The normalized spacial score (nSPS) is 15.6. The zero-order valence-electron chi connectivity index (χ0n) is 9.97. The summed E-state index contributed by atoms with van der Waals surface area (Å²) in [5.41, 5.74) is 2.70. The van der Waals surface area contributed by atoms with Gasteiger partial charge in [0.1, 0.15) is 6.07 Å². The number of ether oxygens (including phenoxy) is 1. The summed E-state index contributed by atoms with van der Waals surface area (Å²) in [5.74, 6) is 0. The van der Waals surface area contributed by atoms with Crippen LogP contribution in [0.15, 0.2) is 30.5 Å². The van der Waals surface area contributed by atoms with Gasteiger partial charge in [-0.25, -0.2) is 0 Å². The van der Waals surface area contributed by atoms with E-state index >= 15 is 0 Å². The molecule has 0 amide bonds. The maximum Gasteiger partial charge on any atom is 0.101 e. The Balaban J connectivity index is 1.98. The Bertz CT molecular complexity index is 612. The van der Waals surface area contributed by atoms with Crippen molar-refractivity contribution in [2.75, 3.05) is 31.2 Å². The second-order valence-electron chi connectivity index (χ2n) is 4.31. The second-order valence-corrected chi connectivity index (χ2v) is 4.31. The lowest BCUT2D eigenvalue weighted by Crippen LogP contribution is -2.36. The van der Waals surface area contributed by atoms with Crippen LogP contribution in [0.2, 0.25) is 0 Å². The second kappa shape index (κ2) is 4.63. The smallest absolute Gasteiger partial charge is 0.101 e. The standard InChI is InChI=1S/C14H13N3O/c15-9-11-7-12-1-2-13(8-14(12)16-10-11)17-3-5-18-6-4-17/h1-2,7-8,10H,3-6H2. The molecule has 0 saturated carbocycles. The molecule has 90 valence electrons. The van der Waals surface area contributed by atoms with E-state index in [-0.39, 0.29) is 0 Å². The number of benzene rings is 1. The zero-order chi connectivity index (χ0) is 12.4. The van der Waals surface area contributed by atoms with Gasteiger partial charge in [0.2, 0.25) is 0 Å². The molecule has 1 fully saturated rings. The van der Waals surface area contributed by atoms with Crippen LogP contribution in [-0.2, 0) is 4.74 Å². The van der Waals surface area contributed by atoms with Crippen LogP contribution in [0.4, 0.5) is 5.69 Å². The number of hydrogen-bond acceptors (Lipinski definition) is 4. The van der Waals surface area contributed by atoms with Crippen LogP contribution >= 0.6 is 0 Å². The summed E-state index contributed by atoms with van der Waals surface area (Å²) in [7, 11) is 0. The van der Waals surface area contributed by atoms with E-state index in [0.717, 1.165) is 37.2 Å². The van der Waals surface area contributed by atoms with E-state index in [1.807, 2.05) is 12.1 Å². The summed E-state index contributed by atoms with van der Waals surface area (Å²) in [5, 5.41) is 9.85. The predicted octanol–water partition coefficient (Wildman–Crippen LogP) is 1.94. The van der Waals surface area contributed by atoms with E-state index in [9.17, 15) is 0 Å². The predicted molar refractivity (Wildman–Crippen MR) is 69.5 cm³/mol. The Morgan fingerprint density at radius 1 is 1.22 bits per heavy atom. The van der Waals surface area contributed by atoms with Crippen LogP contribution in [0.5, 0.6) is 0 Å². The van der Waals surface area contributed by atoms with Crippen molar-refractivity contribution in [1.29, 1.82) is 5.26 Å². The van der Waals surface area contributed by atoms with E-state index in [1.54, 1.807) is 6.20 Å². The highest BCUT2D eigenvalue weighted by atomic mass is 16.5. The molecule has 4 heteroatoms. The number of anilines is 1. The van der Waals surface area contributed by atoms with E-state index in [2.05, 4.69) is 28.1 Å². The van der Waals surface area contributed by atoms with Gasteiger partial charge in [0.15, 0.2) is 0 Å². The first-order valence-electron chi connectivity index (χ1n) is 5.99. The monoisotopic (exact) mass is 239 g/mol. The summed E-state index contributed by atoms with van der Waals surface area (Å²) >= 11 is 0. The van der Waals surface area contributed by atoms with Gasteiger partial charge in [-0.2, -0.15) is 5.26 Å². The minimum atomic E-state index is 0.599. The van der Waals surface area contributed by atoms with Crippen molar-refractivity contribution in [2.45, 2.75) is 0 Å². The molecule has 0 radical (unpaired) electrons. The fourth-order valence-electron chi connectivity index (χ4n) is 2.19. The van der Waals surface area contributed by atoms with Crippen molar-refractivity contribution in [1.82, 2.24) is 4.98 Å². The highest BCUT2D eigenvalue weighted by molar-refractivity contribution is 5.83. The lowest BCUT2D eigenvalue weighted by molar-refractivity contribution is 0.122. The Morgan fingerprint density at radius 2 is 2.06 bits per heavy atom. The van der Waals surface area contributed by atoms with Gasteiger partial charge >= 0.3 is 0 Å². The average Bonchev–Trinajstić information content (AvgIpc) is 2.47. The first-order chi connectivity index (χ1) is 8.86. The molecule has 0 atom stereocenters.